The molecule has 3 nitrogen and oxygen atoms in total. The lowest BCUT2D eigenvalue weighted by molar-refractivity contribution is -0.0206. The molecule has 0 amide bonds. The summed E-state index contributed by atoms with van der Waals surface area (Å²) in [4.78, 5) is 0. The normalized spacial score (nSPS) is 38.9. The minimum atomic E-state index is 0.461. The first-order chi connectivity index (χ1) is 9.62. The van der Waals surface area contributed by atoms with Gasteiger partial charge in [-0.15, -0.1) is 0 Å². The smallest absolute Gasteiger partial charge is 0.0534 e. The van der Waals surface area contributed by atoms with Crippen molar-refractivity contribution in [2.24, 2.45) is 17.8 Å². The second-order valence-corrected chi connectivity index (χ2v) is 7.97. The SMILES string of the molecule is CC(C)n1cc(CNC23CC4CC(CC(C4)C2)C3)cn1. The van der Waals surface area contributed by atoms with Gasteiger partial charge in [-0.1, -0.05) is 0 Å². The van der Waals surface area contributed by atoms with E-state index in [1.54, 1.807) is 0 Å². The molecule has 1 aromatic heterocycles. The Hall–Kier alpha value is -0.830. The van der Waals surface area contributed by atoms with Crippen molar-refractivity contribution in [3.63, 3.8) is 0 Å². The fourth-order valence-electron chi connectivity index (χ4n) is 5.37. The zero-order valence-corrected chi connectivity index (χ0v) is 12.8. The summed E-state index contributed by atoms with van der Waals surface area (Å²) in [6, 6.07) is 0.461. The van der Waals surface area contributed by atoms with Gasteiger partial charge in [-0.05, 0) is 70.1 Å². The van der Waals surface area contributed by atoms with Crippen molar-refractivity contribution in [2.75, 3.05) is 0 Å². The van der Waals surface area contributed by atoms with Crippen molar-refractivity contribution in [1.29, 1.82) is 0 Å². The molecule has 1 N–H and O–H groups in total. The quantitative estimate of drug-likeness (QED) is 0.909. The molecular formula is C17H27N3. The Morgan fingerprint density at radius 2 is 1.80 bits per heavy atom. The zero-order valence-electron chi connectivity index (χ0n) is 12.8. The number of nitrogens with one attached hydrogen (secondary N) is 1. The van der Waals surface area contributed by atoms with Crippen LogP contribution in [-0.2, 0) is 6.54 Å². The van der Waals surface area contributed by atoms with Crippen LogP contribution in [0.4, 0.5) is 0 Å². The van der Waals surface area contributed by atoms with Crippen LogP contribution in [0.3, 0.4) is 0 Å². The molecule has 1 aromatic rings. The first-order valence-corrected chi connectivity index (χ1v) is 8.40. The number of aromatic nitrogens is 2. The van der Waals surface area contributed by atoms with Gasteiger partial charge >= 0.3 is 0 Å². The van der Waals surface area contributed by atoms with Crippen molar-refractivity contribution in [1.82, 2.24) is 15.1 Å². The molecule has 4 aliphatic rings. The van der Waals surface area contributed by atoms with Crippen LogP contribution in [0, 0.1) is 17.8 Å². The van der Waals surface area contributed by atoms with Crippen LogP contribution < -0.4 is 5.32 Å². The highest BCUT2D eigenvalue weighted by molar-refractivity contribution is 5.10. The highest BCUT2D eigenvalue weighted by Crippen LogP contribution is 2.55. The average Bonchev–Trinajstić information content (AvgIpc) is 2.84. The van der Waals surface area contributed by atoms with Gasteiger partial charge in [-0.2, -0.15) is 5.10 Å². The Morgan fingerprint density at radius 3 is 2.30 bits per heavy atom. The molecule has 110 valence electrons. The Labute approximate surface area is 122 Å². The molecule has 4 bridgehead atoms. The van der Waals surface area contributed by atoms with Gasteiger partial charge in [-0.3, -0.25) is 4.68 Å². The lowest BCUT2D eigenvalue weighted by atomic mass is 9.53. The minimum Gasteiger partial charge on any atom is -0.307 e. The molecule has 0 aliphatic heterocycles. The predicted molar refractivity (Wildman–Crippen MR) is 80.4 cm³/mol. The van der Waals surface area contributed by atoms with Gasteiger partial charge in [-0.25, -0.2) is 0 Å². The molecule has 20 heavy (non-hydrogen) atoms. The number of hydrogen-bond donors (Lipinski definition) is 1. The Kier molecular flexibility index (Phi) is 2.95. The topological polar surface area (TPSA) is 29.9 Å². The summed E-state index contributed by atoms with van der Waals surface area (Å²) in [5.74, 6) is 3.06. The van der Waals surface area contributed by atoms with Gasteiger partial charge in [0.1, 0.15) is 0 Å². The molecule has 1 heterocycles. The molecule has 4 saturated carbocycles. The molecule has 3 heteroatoms. The van der Waals surface area contributed by atoms with Crippen LogP contribution in [0.2, 0.25) is 0 Å². The van der Waals surface area contributed by atoms with Crippen molar-refractivity contribution in [2.45, 2.75) is 70.5 Å². The summed E-state index contributed by atoms with van der Waals surface area (Å²) >= 11 is 0. The Morgan fingerprint density at radius 1 is 1.20 bits per heavy atom. The summed E-state index contributed by atoms with van der Waals surface area (Å²) in [5, 5.41) is 8.40. The van der Waals surface area contributed by atoms with Crippen LogP contribution >= 0.6 is 0 Å². The summed E-state index contributed by atoms with van der Waals surface area (Å²) in [5.41, 5.74) is 1.81. The van der Waals surface area contributed by atoms with Crippen LogP contribution in [-0.4, -0.2) is 15.3 Å². The first-order valence-electron chi connectivity index (χ1n) is 8.40. The Bertz CT molecular complexity index is 453. The van der Waals surface area contributed by atoms with E-state index in [-0.39, 0.29) is 0 Å². The summed E-state index contributed by atoms with van der Waals surface area (Å²) in [7, 11) is 0. The van der Waals surface area contributed by atoms with Gasteiger partial charge < -0.3 is 5.32 Å². The lowest BCUT2D eigenvalue weighted by Crippen LogP contribution is -2.58. The highest BCUT2D eigenvalue weighted by Gasteiger charge is 2.50. The van der Waals surface area contributed by atoms with Crippen molar-refractivity contribution in [3.05, 3.63) is 18.0 Å². The predicted octanol–water partition coefficient (Wildman–Crippen LogP) is 3.52. The first kappa shape index (κ1) is 12.9. The molecule has 0 unspecified atom stereocenters. The molecule has 0 aromatic carbocycles. The summed E-state index contributed by atoms with van der Waals surface area (Å²) in [6.07, 6.45) is 13.1. The lowest BCUT2D eigenvalue weighted by Gasteiger charge is -2.57. The van der Waals surface area contributed by atoms with Gasteiger partial charge in [0.25, 0.3) is 0 Å². The van der Waals surface area contributed by atoms with E-state index in [1.807, 2.05) is 6.20 Å². The minimum absolute atomic E-state index is 0.461. The number of rotatable bonds is 4. The van der Waals surface area contributed by atoms with E-state index >= 15 is 0 Å². The Balaban J connectivity index is 1.43. The fraction of sp³-hybridized carbons (Fsp3) is 0.824. The second-order valence-electron chi connectivity index (χ2n) is 7.97. The largest absolute Gasteiger partial charge is 0.307 e. The molecule has 0 radical (unpaired) electrons. The molecule has 0 saturated heterocycles. The van der Waals surface area contributed by atoms with Crippen LogP contribution in [0.5, 0.6) is 0 Å². The second kappa shape index (κ2) is 4.59. The van der Waals surface area contributed by atoms with Crippen LogP contribution in [0.15, 0.2) is 12.4 Å². The molecule has 0 spiro atoms. The summed E-state index contributed by atoms with van der Waals surface area (Å²) in [6.45, 7) is 5.37. The van der Waals surface area contributed by atoms with E-state index in [1.165, 1.54) is 44.1 Å². The monoisotopic (exact) mass is 273 g/mol. The molecule has 4 aliphatic carbocycles. The van der Waals surface area contributed by atoms with E-state index in [4.69, 9.17) is 0 Å². The van der Waals surface area contributed by atoms with E-state index in [2.05, 4.69) is 35.1 Å². The fourth-order valence-corrected chi connectivity index (χ4v) is 5.37. The molecule has 4 fully saturated rings. The molecule has 0 atom stereocenters. The maximum atomic E-state index is 4.46. The molecule has 5 rings (SSSR count). The van der Waals surface area contributed by atoms with Crippen molar-refractivity contribution >= 4 is 0 Å². The average molecular weight is 273 g/mol. The van der Waals surface area contributed by atoms with E-state index in [9.17, 15) is 0 Å². The van der Waals surface area contributed by atoms with Crippen molar-refractivity contribution < 1.29 is 0 Å². The third-order valence-corrected chi connectivity index (χ3v) is 5.89. The van der Waals surface area contributed by atoms with Gasteiger partial charge in [0.05, 0.1) is 6.20 Å². The van der Waals surface area contributed by atoms with Crippen LogP contribution in [0.1, 0.15) is 64.0 Å². The third-order valence-electron chi connectivity index (χ3n) is 5.89. The maximum absolute atomic E-state index is 4.46. The highest BCUT2D eigenvalue weighted by atomic mass is 15.3. The van der Waals surface area contributed by atoms with E-state index < -0.39 is 0 Å². The molecular weight excluding hydrogens is 246 g/mol. The van der Waals surface area contributed by atoms with E-state index in [0.29, 0.717) is 11.6 Å². The van der Waals surface area contributed by atoms with Gasteiger partial charge in [0, 0.05) is 29.9 Å². The van der Waals surface area contributed by atoms with Crippen LogP contribution in [0.25, 0.3) is 0 Å². The maximum Gasteiger partial charge on any atom is 0.0534 e. The zero-order chi connectivity index (χ0) is 13.7. The summed E-state index contributed by atoms with van der Waals surface area (Å²) < 4.78 is 2.07. The van der Waals surface area contributed by atoms with Gasteiger partial charge in [0.2, 0.25) is 0 Å². The van der Waals surface area contributed by atoms with Crippen molar-refractivity contribution in [3.8, 4) is 0 Å². The third kappa shape index (κ3) is 2.20. The number of hydrogen-bond acceptors (Lipinski definition) is 2. The number of nitrogens with zero attached hydrogens (tertiary/aromatic N) is 2. The standard InChI is InChI=1S/C17H27N3/c1-12(2)20-11-16(10-19-20)9-18-17-6-13-3-14(7-17)5-15(4-13)8-17/h10-15,18H,3-9H2,1-2H3. The van der Waals surface area contributed by atoms with Gasteiger partial charge in [0.15, 0.2) is 0 Å². The van der Waals surface area contributed by atoms with E-state index in [0.717, 1.165) is 24.3 Å².